The molecule has 2 rings (SSSR count). The minimum atomic E-state index is -3.70. The molecule has 0 bridgehead atoms. The van der Waals surface area contributed by atoms with Gasteiger partial charge in [0.15, 0.2) is 0 Å². The molecule has 0 saturated carbocycles. The summed E-state index contributed by atoms with van der Waals surface area (Å²) in [6.45, 7) is 0.731. The Morgan fingerprint density at radius 2 is 1.43 bits per heavy atom. The van der Waals surface area contributed by atoms with Crippen molar-refractivity contribution in [2.24, 2.45) is 5.14 Å². The number of primary sulfonamides is 1. The van der Waals surface area contributed by atoms with Gasteiger partial charge in [-0.25, -0.2) is 22.3 Å². The number of hydrogen-bond acceptors (Lipinski definition) is 3. The second-order valence-corrected chi connectivity index (χ2v) is 6.13. The highest BCUT2D eigenvalue weighted by Gasteiger charge is 2.06. The molecule has 0 aliphatic carbocycles. The Labute approximate surface area is 121 Å². The molecule has 21 heavy (non-hydrogen) atoms. The quantitative estimate of drug-likeness (QED) is 0.886. The monoisotopic (exact) mass is 312 g/mol. The summed E-state index contributed by atoms with van der Waals surface area (Å²) in [6, 6.07) is 9.38. The number of rotatable bonds is 5. The fourth-order valence-corrected chi connectivity index (χ4v) is 2.38. The van der Waals surface area contributed by atoms with Gasteiger partial charge in [-0.2, -0.15) is 0 Å². The van der Waals surface area contributed by atoms with Crippen LogP contribution in [0, 0.1) is 11.6 Å². The summed E-state index contributed by atoms with van der Waals surface area (Å²) in [5, 5.41) is 8.01. The fraction of sp³-hybridized carbons (Fsp3) is 0.143. The van der Waals surface area contributed by atoms with E-state index in [0.29, 0.717) is 18.7 Å². The van der Waals surface area contributed by atoms with Gasteiger partial charge in [-0.1, -0.05) is 12.1 Å². The van der Waals surface area contributed by atoms with Crippen molar-refractivity contribution in [1.29, 1.82) is 0 Å². The minimum Gasteiger partial charge on any atom is -0.309 e. The molecule has 0 heterocycles. The van der Waals surface area contributed by atoms with Crippen LogP contribution in [0.5, 0.6) is 0 Å². The van der Waals surface area contributed by atoms with Crippen molar-refractivity contribution in [3.05, 3.63) is 65.2 Å². The van der Waals surface area contributed by atoms with Gasteiger partial charge in [0.2, 0.25) is 10.0 Å². The standard InChI is InChI=1S/C14H14F2N2O2S/c15-12-5-11(6-13(16)7-12)9-18-8-10-1-3-14(4-2-10)21(17,19)20/h1-7,18H,8-9H2,(H2,17,19,20). The predicted molar refractivity (Wildman–Crippen MR) is 74.7 cm³/mol. The van der Waals surface area contributed by atoms with Gasteiger partial charge in [0, 0.05) is 19.2 Å². The molecule has 0 aliphatic heterocycles. The Bertz CT molecular complexity index is 711. The third kappa shape index (κ3) is 4.59. The lowest BCUT2D eigenvalue weighted by Crippen LogP contribution is -2.14. The van der Waals surface area contributed by atoms with Crippen LogP contribution in [0.2, 0.25) is 0 Å². The molecular formula is C14H14F2N2O2S. The Balaban J connectivity index is 1.94. The highest BCUT2D eigenvalue weighted by atomic mass is 32.2. The van der Waals surface area contributed by atoms with E-state index in [1.165, 1.54) is 24.3 Å². The zero-order valence-electron chi connectivity index (χ0n) is 11.0. The highest BCUT2D eigenvalue weighted by Crippen LogP contribution is 2.10. The SMILES string of the molecule is NS(=O)(=O)c1ccc(CNCc2cc(F)cc(F)c2)cc1. The maximum Gasteiger partial charge on any atom is 0.238 e. The average Bonchev–Trinajstić information content (AvgIpc) is 2.37. The van der Waals surface area contributed by atoms with E-state index >= 15 is 0 Å². The number of nitrogens with one attached hydrogen (secondary N) is 1. The summed E-state index contributed by atoms with van der Waals surface area (Å²) in [5.41, 5.74) is 1.33. The third-order valence-corrected chi connectivity index (χ3v) is 3.76. The van der Waals surface area contributed by atoms with Crippen molar-refractivity contribution in [3.63, 3.8) is 0 Å². The Morgan fingerprint density at radius 1 is 0.905 bits per heavy atom. The van der Waals surface area contributed by atoms with E-state index in [-0.39, 0.29) is 4.90 Å². The van der Waals surface area contributed by atoms with E-state index in [2.05, 4.69) is 5.32 Å². The van der Waals surface area contributed by atoms with Gasteiger partial charge in [0.25, 0.3) is 0 Å². The molecule has 2 aromatic carbocycles. The number of benzene rings is 2. The molecule has 0 spiro atoms. The summed E-state index contributed by atoms with van der Waals surface area (Å²) in [7, 11) is -3.70. The van der Waals surface area contributed by atoms with E-state index in [4.69, 9.17) is 5.14 Å². The maximum atomic E-state index is 13.0. The van der Waals surface area contributed by atoms with Crippen LogP contribution in [-0.2, 0) is 23.1 Å². The molecule has 0 amide bonds. The molecule has 0 aromatic heterocycles. The van der Waals surface area contributed by atoms with Crippen molar-refractivity contribution in [3.8, 4) is 0 Å². The Kier molecular flexibility index (Phi) is 4.66. The highest BCUT2D eigenvalue weighted by molar-refractivity contribution is 7.89. The smallest absolute Gasteiger partial charge is 0.238 e. The number of hydrogen-bond donors (Lipinski definition) is 2. The molecule has 3 N–H and O–H groups in total. The minimum absolute atomic E-state index is 0.0402. The first-order valence-electron chi connectivity index (χ1n) is 6.12. The molecule has 4 nitrogen and oxygen atoms in total. The molecule has 0 unspecified atom stereocenters. The fourth-order valence-electron chi connectivity index (χ4n) is 1.86. The number of halogens is 2. The Morgan fingerprint density at radius 3 is 1.95 bits per heavy atom. The lowest BCUT2D eigenvalue weighted by atomic mass is 10.2. The van der Waals surface area contributed by atoms with Crippen LogP contribution < -0.4 is 10.5 Å². The summed E-state index contributed by atoms with van der Waals surface area (Å²) in [6.07, 6.45) is 0. The summed E-state index contributed by atoms with van der Waals surface area (Å²) >= 11 is 0. The first-order chi connectivity index (χ1) is 9.84. The normalized spacial score (nSPS) is 11.6. The number of sulfonamides is 1. The Hall–Kier alpha value is -1.83. The van der Waals surface area contributed by atoms with Crippen LogP contribution in [0.3, 0.4) is 0 Å². The van der Waals surface area contributed by atoms with Crippen molar-refractivity contribution in [2.75, 3.05) is 0 Å². The van der Waals surface area contributed by atoms with Gasteiger partial charge in [0.05, 0.1) is 4.90 Å². The molecule has 0 saturated heterocycles. The molecular weight excluding hydrogens is 298 g/mol. The van der Waals surface area contributed by atoms with Crippen LogP contribution in [0.1, 0.15) is 11.1 Å². The van der Waals surface area contributed by atoms with E-state index in [1.807, 2.05) is 0 Å². The van der Waals surface area contributed by atoms with Crippen LogP contribution in [-0.4, -0.2) is 8.42 Å². The van der Waals surface area contributed by atoms with E-state index in [0.717, 1.165) is 11.6 Å². The molecule has 7 heteroatoms. The van der Waals surface area contributed by atoms with Gasteiger partial charge in [-0.15, -0.1) is 0 Å². The third-order valence-electron chi connectivity index (χ3n) is 2.83. The molecule has 0 radical (unpaired) electrons. The van der Waals surface area contributed by atoms with Crippen molar-refractivity contribution in [1.82, 2.24) is 5.32 Å². The summed E-state index contributed by atoms with van der Waals surface area (Å²) in [5.74, 6) is -1.24. The van der Waals surface area contributed by atoms with E-state index < -0.39 is 21.7 Å². The molecule has 2 aromatic rings. The summed E-state index contributed by atoms with van der Waals surface area (Å²) < 4.78 is 48.2. The lowest BCUT2D eigenvalue weighted by molar-refractivity contribution is 0.575. The zero-order chi connectivity index (χ0) is 15.5. The van der Waals surface area contributed by atoms with E-state index in [1.54, 1.807) is 12.1 Å². The molecule has 0 aliphatic rings. The molecule has 0 fully saturated rings. The molecule has 0 atom stereocenters. The second-order valence-electron chi connectivity index (χ2n) is 4.57. The predicted octanol–water partition coefficient (Wildman–Crippen LogP) is 1.90. The first kappa shape index (κ1) is 15.6. The van der Waals surface area contributed by atoms with Gasteiger partial charge >= 0.3 is 0 Å². The van der Waals surface area contributed by atoms with Gasteiger partial charge < -0.3 is 5.32 Å². The zero-order valence-corrected chi connectivity index (χ0v) is 11.8. The lowest BCUT2D eigenvalue weighted by Gasteiger charge is -2.06. The van der Waals surface area contributed by atoms with Crippen LogP contribution in [0.4, 0.5) is 8.78 Å². The van der Waals surface area contributed by atoms with Crippen LogP contribution in [0.25, 0.3) is 0 Å². The summed E-state index contributed by atoms with van der Waals surface area (Å²) in [4.78, 5) is 0.0402. The topological polar surface area (TPSA) is 72.2 Å². The van der Waals surface area contributed by atoms with Crippen molar-refractivity contribution < 1.29 is 17.2 Å². The largest absolute Gasteiger partial charge is 0.309 e. The second kappa shape index (κ2) is 6.30. The van der Waals surface area contributed by atoms with Crippen LogP contribution in [0.15, 0.2) is 47.4 Å². The van der Waals surface area contributed by atoms with Crippen molar-refractivity contribution in [2.45, 2.75) is 18.0 Å². The van der Waals surface area contributed by atoms with Crippen LogP contribution >= 0.6 is 0 Å². The average molecular weight is 312 g/mol. The van der Waals surface area contributed by atoms with Gasteiger partial charge in [0.1, 0.15) is 11.6 Å². The van der Waals surface area contributed by atoms with Gasteiger partial charge in [-0.3, -0.25) is 0 Å². The van der Waals surface area contributed by atoms with E-state index in [9.17, 15) is 17.2 Å². The molecule has 112 valence electrons. The van der Waals surface area contributed by atoms with Crippen molar-refractivity contribution >= 4 is 10.0 Å². The first-order valence-corrected chi connectivity index (χ1v) is 7.67. The van der Waals surface area contributed by atoms with Gasteiger partial charge in [-0.05, 0) is 35.4 Å². The number of nitrogens with two attached hydrogens (primary N) is 1. The maximum absolute atomic E-state index is 13.0.